The number of halogens is 1. The lowest BCUT2D eigenvalue weighted by atomic mass is 10.4. The summed E-state index contributed by atoms with van der Waals surface area (Å²) in [4.78, 5) is 0. The maximum atomic E-state index is 5.68. The molecule has 5 heteroatoms. The first kappa shape index (κ1) is 11.2. The van der Waals surface area contributed by atoms with Crippen molar-refractivity contribution in [3.05, 3.63) is 17.4 Å². The molecule has 1 aromatic heterocycles. The molecular weight excluding hydrogens is 202 g/mol. The minimum atomic E-state index is 0.173. The van der Waals surface area contributed by atoms with Crippen molar-refractivity contribution in [2.75, 3.05) is 18.5 Å². The second-order valence-corrected chi connectivity index (χ2v) is 3.30. The standard InChI is InChI=1S/C9H14ClN3O/c1-3-14-7(2)5-11-8-4-9(10)13-12-6-8/h4,6-7H,3,5H2,1-2H3,(H,11,13). The van der Waals surface area contributed by atoms with Gasteiger partial charge in [-0.15, -0.1) is 5.10 Å². The maximum Gasteiger partial charge on any atom is 0.153 e. The first-order chi connectivity index (χ1) is 6.72. The van der Waals surface area contributed by atoms with Crippen molar-refractivity contribution >= 4 is 17.3 Å². The molecule has 0 aliphatic rings. The third kappa shape index (κ3) is 3.89. The van der Waals surface area contributed by atoms with Crippen LogP contribution in [0, 0.1) is 0 Å². The Balaban J connectivity index is 2.37. The van der Waals surface area contributed by atoms with Crippen LogP contribution in [0.3, 0.4) is 0 Å². The first-order valence-corrected chi connectivity index (χ1v) is 4.94. The van der Waals surface area contributed by atoms with E-state index >= 15 is 0 Å². The number of ether oxygens (including phenoxy) is 1. The molecule has 1 atom stereocenters. The third-order valence-corrected chi connectivity index (χ3v) is 1.85. The molecule has 0 bridgehead atoms. The monoisotopic (exact) mass is 215 g/mol. The largest absolute Gasteiger partial charge is 0.381 e. The van der Waals surface area contributed by atoms with E-state index in [0.29, 0.717) is 5.15 Å². The lowest BCUT2D eigenvalue weighted by Gasteiger charge is -2.12. The second-order valence-electron chi connectivity index (χ2n) is 2.91. The maximum absolute atomic E-state index is 5.68. The molecule has 4 nitrogen and oxygen atoms in total. The van der Waals surface area contributed by atoms with Crippen molar-refractivity contribution in [3.8, 4) is 0 Å². The zero-order valence-corrected chi connectivity index (χ0v) is 9.08. The SMILES string of the molecule is CCOC(C)CNc1cnnc(Cl)c1. The van der Waals surface area contributed by atoms with Crippen LogP contribution in [0.2, 0.25) is 5.15 Å². The van der Waals surface area contributed by atoms with Crippen molar-refractivity contribution in [2.45, 2.75) is 20.0 Å². The molecule has 0 radical (unpaired) electrons. The summed E-state index contributed by atoms with van der Waals surface area (Å²) in [5.41, 5.74) is 0.858. The van der Waals surface area contributed by atoms with Gasteiger partial charge in [-0.25, -0.2) is 0 Å². The van der Waals surface area contributed by atoms with E-state index in [9.17, 15) is 0 Å². The molecule has 0 saturated carbocycles. The highest BCUT2D eigenvalue weighted by atomic mass is 35.5. The number of rotatable bonds is 5. The quantitative estimate of drug-likeness (QED) is 0.816. The van der Waals surface area contributed by atoms with E-state index in [-0.39, 0.29) is 6.10 Å². The van der Waals surface area contributed by atoms with Crippen LogP contribution in [0.5, 0.6) is 0 Å². The highest BCUT2D eigenvalue weighted by molar-refractivity contribution is 6.29. The fraction of sp³-hybridized carbons (Fsp3) is 0.556. The van der Waals surface area contributed by atoms with Crippen LogP contribution >= 0.6 is 11.6 Å². The Morgan fingerprint density at radius 2 is 2.43 bits per heavy atom. The van der Waals surface area contributed by atoms with Crippen LogP contribution < -0.4 is 5.32 Å². The van der Waals surface area contributed by atoms with Gasteiger partial charge in [-0.05, 0) is 13.8 Å². The molecule has 0 aliphatic heterocycles. The number of nitrogens with zero attached hydrogens (tertiary/aromatic N) is 2. The summed E-state index contributed by atoms with van der Waals surface area (Å²) in [5.74, 6) is 0. The average Bonchev–Trinajstić information content (AvgIpc) is 2.15. The van der Waals surface area contributed by atoms with Crippen LogP contribution in [0.4, 0.5) is 5.69 Å². The van der Waals surface area contributed by atoms with Gasteiger partial charge in [0, 0.05) is 19.2 Å². The molecule has 0 fully saturated rings. The van der Waals surface area contributed by atoms with Crippen LogP contribution in [0.25, 0.3) is 0 Å². The van der Waals surface area contributed by atoms with Gasteiger partial charge < -0.3 is 10.1 Å². The minimum absolute atomic E-state index is 0.173. The van der Waals surface area contributed by atoms with Gasteiger partial charge in [0.05, 0.1) is 18.0 Å². The van der Waals surface area contributed by atoms with Crippen LogP contribution in [0.1, 0.15) is 13.8 Å². The summed E-state index contributed by atoms with van der Waals surface area (Å²) in [6.45, 7) is 5.43. The molecule has 0 saturated heterocycles. The van der Waals surface area contributed by atoms with Gasteiger partial charge in [0.25, 0.3) is 0 Å². The van der Waals surface area contributed by atoms with Crippen LogP contribution in [-0.4, -0.2) is 29.5 Å². The Morgan fingerprint density at radius 3 is 3.07 bits per heavy atom. The van der Waals surface area contributed by atoms with E-state index in [1.807, 2.05) is 13.8 Å². The van der Waals surface area contributed by atoms with Gasteiger partial charge in [-0.1, -0.05) is 11.6 Å². The highest BCUT2D eigenvalue weighted by Crippen LogP contribution is 2.10. The molecule has 1 rings (SSSR count). The van der Waals surface area contributed by atoms with Crippen molar-refractivity contribution in [3.63, 3.8) is 0 Å². The van der Waals surface area contributed by atoms with Crippen molar-refractivity contribution < 1.29 is 4.74 Å². The molecule has 0 aromatic carbocycles. The summed E-state index contributed by atoms with van der Waals surface area (Å²) in [5, 5.41) is 10.9. The molecule has 1 unspecified atom stereocenters. The molecule has 78 valence electrons. The van der Waals surface area contributed by atoms with Gasteiger partial charge in [-0.3, -0.25) is 0 Å². The molecule has 0 aliphatic carbocycles. The van der Waals surface area contributed by atoms with Crippen LogP contribution in [-0.2, 0) is 4.74 Å². The number of anilines is 1. The summed E-state index contributed by atoms with van der Waals surface area (Å²) in [7, 11) is 0. The Bertz CT molecular complexity index is 283. The predicted octanol–water partition coefficient (Wildman–Crippen LogP) is 1.97. The smallest absolute Gasteiger partial charge is 0.153 e. The van der Waals surface area contributed by atoms with Crippen molar-refractivity contribution in [2.24, 2.45) is 0 Å². The summed E-state index contributed by atoms with van der Waals surface area (Å²) >= 11 is 5.68. The Hall–Kier alpha value is -0.870. The van der Waals surface area contributed by atoms with Gasteiger partial charge in [0.15, 0.2) is 5.15 Å². The Labute approximate surface area is 88.6 Å². The predicted molar refractivity (Wildman–Crippen MR) is 56.6 cm³/mol. The van der Waals surface area contributed by atoms with E-state index in [2.05, 4.69) is 15.5 Å². The first-order valence-electron chi connectivity index (χ1n) is 4.56. The molecule has 0 amide bonds. The van der Waals surface area contributed by atoms with Crippen molar-refractivity contribution in [1.82, 2.24) is 10.2 Å². The lowest BCUT2D eigenvalue weighted by molar-refractivity contribution is 0.0855. The molecule has 1 heterocycles. The Morgan fingerprint density at radius 1 is 1.64 bits per heavy atom. The normalized spacial score (nSPS) is 12.5. The molecule has 1 aromatic rings. The number of nitrogens with one attached hydrogen (secondary N) is 1. The number of aromatic nitrogens is 2. The molecular formula is C9H14ClN3O. The summed E-state index contributed by atoms with van der Waals surface area (Å²) in [6, 6.07) is 1.73. The van der Waals surface area contributed by atoms with E-state index in [4.69, 9.17) is 16.3 Å². The van der Waals surface area contributed by atoms with E-state index < -0.39 is 0 Å². The fourth-order valence-electron chi connectivity index (χ4n) is 1.04. The third-order valence-electron chi connectivity index (χ3n) is 1.67. The zero-order valence-electron chi connectivity index (χ0n) is 8.33. The zero-order chi connectivity index (χ0) is 10.4. The van der Waals surface area contributed by atoms with E-state index in [0.717, 1.165) is 18.8 Å². The average molecular weight is 216 g/mol. The number of hydrogen-bond donors (Lipinski definition) is 1. The van der Waals surface area contributed by atoms with E-state index in [1.54, 1.807) is 12.3 Å². The lowest BCUT2D eigenvalue weighted by Crippen LogP contribution is -2.19. The van der Waals surface area contributed by atoms with E-state index in [1.165, 1.54) is 0 Å². The molecule has 0 spiro atoms. The minimum Gasteiger partial charge on any atom is -0.381 e. The van der Waals surface area contributed by atoms with Gasteiger partial charge in [0.1, 0.15) is 0 Å². The summed E-state index contributed by atoms with van der Waals surface area (Å²) < 4.78 is 5.36. The topological polar surface area (TPSA) is 47.0 Å². The molecule has 14 heavy (non-hydrogen) atoms. The fourth-order valence-corrected chi connectivity index (χ4v) is 1.20. The number of hydrogen-bond acceptors (Lipinski definition) is 4. The Kier molecular flexibility index (Phi) is 4.62. The molecule has 1 N–H and O–H groups in total. The van der Waals surface area contributed by atoms with Gasteiger partial charge in [0.2, 0.25) is 0 Å². The van der Waals surface area contributed by atoms with Crippen LogP contribution in [0.15, 0.2) is 12.3 Å². The van der Waals surface area contributed by atoms with Gasteiger partial charge in [-0.2, -0.15) is 5.10 Å². The highest BCUT2D eigenvalue weighted by Gasteiger charge is 2.01. The summed E-state index contributed by atoms with van der Waals surface area (Å²) in [6.07, 6.45) is 1.80. The van der Waals surface area contributed by atoms with Gasteiger partial charge >= 0.3 is 0 Å². The van der Waals surface area contributed by atoms with Crippen molar-refractivity contribution in [1.29, 1.82) is 0 Å². The second kappa shape index (κ2) is 5.78.